The largest absolute Gasteiger partial charge is 0.469 e. The first kappa shape index (κ1) is 13.1. The van der Waals surface area contributed by atoms with Gasteiger partial charge in [-0.05, 0) is 24.3 Å². The first-order chi connectivity index (χ1) is 9.31. The molecule has 0 fully saturated rings. The lowest BCUT2D eigenvalue weighted by atomic mass is 10.1. The second kappa shape index (κ2) is 6.57. The van der Waals surface area contributed by atoms with Crippen molar-refractivity contribution in [3.63, 3.8) is 0 Å². The fraction of sp³-hybridized carbons (Fsp3) is 0.286. The second-order valence-electron chi connectivity index (χ2n) is 4.26. The molecule has 5 heteroatoms. The maximum Gasteiger partial charge on any atom is 0.125 e. The SMILES string of the molecule is N#Cc1ccc(NC[C@@H](CO)Cc2ccco2)nc1. The molecule has 0 saturated carbocycles. The molecule has 0 radical (unpaired) electrons. The average Bonchev–Trinajstić information content (AvgIpc) is 2.97. The number of hydrogen-bond acceptors (Lipinski definition) is 5. The Labute approximate surface area is 111 Å². The zero-order valence-electron chi connectivity index (χ0n) is 10.4. The summed E-state index contributed by atoms with van der Waals surface area (Å²) < 4.78 is 5.26. The van der Waals surface area contributed by atoms with E-state index in [0.717, 1.165) is 5.76 Å². The van der Waals surface area contributed by atoms with Crippen LogP contribution in [0.15, 0.2) is 41.1 Å². The number of pyridine rings is 1. The molecule has 98 valence electrons. The van der Waals surface area contributed by atoms with Crippen LogP contribution in [0, 0.1) is 17.2 Å². The third-order valence-electron chi connectivity index (χ3n) is 2.79. The maximum atomic E-state index is 9.34. The molecule has 2 N–H and O–H groups in total. The van der Waals surface area contributed by atoms with Gasteiger partial charge in [0, 0.05) is 31.7 Å². The van der Waals surface area contributed by atoms with E-state index in [1.54, 1.807) is 18.4 Å². The summed E-state index contributed by atoms with van der Waals surface area (Å²) in [4.78, 5) is 4.11. The summed E-state index contributed by atoms with van der Waals surface area (Å²) in [6.07, 6.45) is 3.81. The zero-order chi connectivity index (χ0) is 13.5. The van der Waals surface area contributed by atoms with Crippen LogP contribution >= 0.6 is 0 Å². The topological polar surface area (TPSA) is 82.1 Å². The molecule has 1 atom stereocenters. The van der Waals surface area contributed by atoms with Gasteiger partial charge in [-0.25, -0.2) is 4.98 Å². The minimum Gasteiger partial charge on any atom is -0.469 e. The molecule has 0 unspecified atom stereocenters. The van der Waals surface area contributed by atoms with E-state index in [1.165, 1.54) is 6.20 Å². The number of aliphatic hydroxyl groups is 1. The fourth-order valence-electron chi connectivity index (χ4n) is 1.73. The molecule has 0 aromatic carbocycles. The Bertz CT molecular complexity index is 529. The van der Waals surface area contributed by atoms with Crippen LogP contribution in [-0.2, 0) is 6.42 Å². The first-order valence-corrected chi connectivity index (χ1v) is 6.05. The third-order valence-corrected chi connectivity index (χ3v) is 2.79. The number of aromatic nitrogens is 1. The monoisotopic (exact) mass is 257 g/mol. The maximum absolute atomic E-state index is 9.34. The summed E-state index contributed by atoms with van der Waals surface area (Å²) in [6.45, 7) is 0.667. The van der Waals surface area contributed by atoms with Crippen LogP contribution in [0.25, 0.3) is 0 Å². The van der Waals surface area contributed by atoms with Crippen LogP contribution in [-0.4, -0.2) is 23.2 Å². The molecule has 5 nitrogen and oxygen atoms in total. The van der Waals surface area contributed by atoms with Crippen molar-refractivity contribution >= 4 is 5.82 Å². The highest BCUT2D eigenvalue weighted by Gasteiger charge is 2.10. The van der Waals surface area contributed by atoms with E-state index < -0.39 is 0 Å². The molecule has 0 aliphatic heterocycles. The van der Waals surface area contributed by atoms with Crippen LogP contribution in [0.4, 0.5) is 5.82 Å². The number of rotatable bonds is 6. The van der Waals surface area contributed by atoms with E-state index in [1.807, 2.05) is 18.2 Å². The van der Waals surface area contributed by atoms with E-state index in [9.17, 15) is 5.11 Å². The number of nitriles is 1. The van der Waals surface area contributed by atoms with Crippen LogP contribution < -0.4 is 5.32 Å². The smallest absolute Gasteiger partial charge is 0.125 e. The summed E-state index contributed by atoms with van der Waals surface area (Å²) >= 11 is 0. The Morgan fingerprint density at radius 3 is 2.89 bits per heavy atom. The lowest BCUT2D eigenvalue weighted by molar-refractivity contribution is 0.226. The van der Waals surface area contributed by atoms with Gasteiger partial charge in [-0.3, -0.25) is 0 Å². The highest BCUT2D eigenvalue weighted by Crippen LogP contribution is 2.11. The van der Waals surface area contributed by atoms with Gasteiger partial charge < -0.3 is 14.8 Å². The predicted octanol–water partition coefficient (Wildman–Crippen LogP) is 1.81. The predicted molar refractivity (Wildman–Crippen MR) is 70.4 cm³/mol. The van der Waals surface area contributed by atoms with Crippen LogP contribution in [0.5, 0.6) is 0 Å². The van der Waals surface area contributed by atoms with Crippen molar-refractivity contribution in [2.24, 2.45) is 5.92 Å². The average molecular weight is 257 g/mol. The van der Waals surface area contributed by atoms with Crippen LogP contribution in [0.1, 0.15) is 11.3 Å². The van der Waals surface area contributed by atoms with Crippen LogP contribution in [0.3, 0.4) is 0 Å². The van der Waals surface area contributed by atoms with E-state index in [2.05, 4.69) is 10.3 Å². The van der Waals surface area contributed by atoms with Crippen molar-refractivity contribution < 1.29 is 9.52 Å². The zero-order valence-corrected chi connectivity index (χ0v) is 10.4. The number of nitrogens with zero attached hydrogens (tertiary/aromatic N) is 2. The molecule has 0 amide bonds. The van der Waals surface area contributed by atoms with E-state index >= 15 is 0 Å². The molecule has 2 aromatic rings. The Morgan fingerprint density at radius 1 is 1.42 bits per heavy atom. The number of furan rings is 1. The molecular weight excluding hydrogens is 242 g/mol. The minimum atomic E-state index is 0.0589. The van der Waals surface area contributed by atoms with Crippen molar-refractivity contribution in [3.8, 4) is 6.07 Å². The number of aliphatic hydroxyl groups excluding tert-OH is 1. The lowest BCUT2D eigenvalue weighted by Crippen LogP contribution is -2.20. The molecule has 0 saturated heterocycles. The van der Waals surface area contributed by atoms with Crippen molar-refractivity contribution in [1.82, 2.24) is 4.98 Å². The van der Waals surface area contributed by atoms with Gasteiger partial charge in [0.15, 0.2) is 0 Å². The van der Waals surface area contributed by atoms with Gasteiger partial charge in [0.2, 0.25) is 0 Å². The van der Waals surface area contributed by atoms with Crippen molar-refractivity contribution in [1.29, 1.82) is 5.26 Å². The highest BCUT2D eigenvalue weighted by molar-refractivity contribution is 5.38. The molecule has 19 heavy (non-hydrogen) atoms. The second-order valence-corrected chi connectivity index (χ2v) is 4.26. The normalized spacial score (nSPS) is 11.8. The molecular formula is C14H15N3O2. The summed E-state index contributed by atoms with van der Waals surface area (Å²) in [7, 11) is 0. The summed E-state index contributed by atoms with van der Waals surface area (Å²) in [5, 5.41) is 21.2. The fourth-order valence-corrected chi connectivity index (χ4v) is 1.73. The van der Waals surface area contributed by atoms with E-state index in [-0.39, 0.29) is 12.5 Å². The number of hydrogen-bond donors (Lipinski definition) is 2. The molecule has 0 aliphatic rings. The molecule has 0 bridgehead atoms. The Morgan fingerprint density at radius 2 is 2.32 bits per heavy atom. The summed E-state index contributed by atoms with van der Waals surface area (Å²) in [6, 6.07) is 9.20. The highest BCUT2D eigenvalue weighted by atomic mass is 16.3. The van der Waals surface area contributed by atoms with Crippen molar-refractivity contribution in [2.75, 3.05) is 18.5 Å². The summed E-state index contributed by atoms with van der Waals surface area (Å²) in [5.41, 5.74) is 0.528. The lowest BCUT2D eigenvalue weighted by Gasteiger charge is -2.14. The molecule has 2 rings (SSSR count). The number of anilines is 1. The molecule has 2 aromatic heterocycles. The van der Waals surface area contributed by atoms with Crippen molar-refractivity contribution in [2.45, 2.75) is 6.42 Å². The van der Waals surface area contributed by atoms with Gasteiger partial charge >= 0.3 is 0 Å². The van der Waals surface area contributed by atoms with Crippen LogP contribution in [0.2, 0.25) is 0 Å². The quantitative estimate of drug-likeness (QED) is 0.824. The first-order valence-electron chi connectivity index (χ1n) is 6.05. The van der Waals surface area contributed by atoms with Gasteiger partial charge in [0.05, 0.1) is 11.8 Å². The van der Waals surface area contributed by atoms with Gasteiger partial charge in [-0.15, -0.1) is 0 Å². The van der Waals surface area contributed by atoms with E-state index in [4.69, 9.17) is 9.68 Å². The molecule has 0 aliphatic carbocycles. The minimum absolute atomic E-state index is 0.0589. The molecule has 2 heterocycles. The van der Waals surface area contributed by atoms with Gasteiger partial charge in [-0.2, -0.15) is 5.26 Å². The van der Waals surface area contributed by atoms with E-state index in [0.29, 0.717) is 24.3 Å². The van der Waals surface area contributed by atoms with Gasteiger partial charge in [0.25, 0.3) is 0 Å². The molecule has 0 spiro atoms. The van der Waals surface area contributed by atoms with Gasteiger partial charge in [0.1, 0.15) is 17.6 Å². The van der Waals surface area contributed by atoms with Gasteiger partial charge in [-0.1, -0.05) is 0 Å². The van der Waals surface area contributed by atoms with Crippen molar-refractivity contribution in [3.05, 3.63) is 48.0 Å². The number of nitrogens with one attached hydrogen (secondary N) is 1. The Kier molecular flexibility index (Phi) is 4.54. The Hall–Kier alpha value is -2.32. The standard InChI is InChI=1S/C14H15N3O2/c15-7-11-3-4-14(16-8-11)17-9-12(10-18)6-13-2-1-5-19-13/h1-5,8,12,18H,6,9-10H2,(H,16,17)/t12-/m0/s1. The Balaban J connectivity index is 1.87. The summed E-state index contributed by atoms with van der Waals surface area (Å²) in [5.74, 6) is 1.61. The third kappa shape index (κ3) is 3.83.